The molecule has 108 valence electrons. The van der Waals surface area contributed by atoms with E-state index in [4.69, 9.17) is 0 Å². The van der Waals surface area contributed by atoms with Crippen LogP contribution in [0.5, 0.6) is 5.75 Å². The van der Waals surface area contributed by atoms with Crippen LogP contribution in [0.25, 0.3) is 0 Å². The normalized spacial score (nSPS) is 10.2. The molecule has 0 aliphatic carbocycles. The molecule has 6 heteroatoms. The molecule has 0 aliphatic rings. The molecule has 21 heavy (non-hydrogen) atoms. The summed E-state index contributed by atoms with van der Waals surface area (Å²) in [5.74, 6) is -0.974. The number of aromatic hydroxyl groups is 1. The summed E-state index contributed by atoms with van der Waals surface area (Å²) in [6.45, 7) is 3.83. The lowest BCUT2D eigenvalue weighted by Gasteiger charge is -2.08. The first kappa shape index (κ1) is 14.5. The summed E-state index contributed by atoms with van der Waals surface area (Å²) in [6, 6.07) is 9.09. The van der Waals surface area contributed by atoms with Crippen LogP contribution in [0.1, 0.15) is 21.5 Å². The monoisotopic (exact) mass is 286 g/mol. The molecule has 0 aliphatic heterocycles. The van der Waals surface area contributed by atoms with E-state index >= 15 is 0 Å². The summed E-state index contributed by atoms with van der Waals surface area (Å²) < 4.78 is 0. The third kappa shape index (κ3) is 3.36. The van der Waals surface area contributed by atoms with Gasteiger partial charge in [-0.15, -0.1) is 0 Å². The number of hydrogen-bond acceptors (Lipinski definition) is 4. The van der Waals surface area contributed by atoms with E-state index in [1.54, 1.807) is 0 Å². The highest BCUT2D eigenvalue weighted by Crippen LogP contribution is 2.26. The molecule has 0 bridgehead atoms. The predicted molar refractivity (Wildman–Crippen MR) is 78.6 cm³/mol. The lowest BCUT2D eigenvalue weighted by molar-refractivity contribution is -0.385. The van der Waals surface area contributed by atoms with Gasteiger partial charge >= 0.3 is 5.69 Å². The number of phenols is 1. The van der Waals surface area contributed by atoms with Gasteiger partial charge in [-0.1, -0.05) is 6.07 Å². The van der Waals surface area contributed by atoms with E-state index in [2.05, 4.69) is 5.32 Å². The van der Waals surface area contributed by atoms with E-state index in [0.29, 0.717) is 5.69 Å². The van der Waals surface area contributed by atoms with Crippen LogP contribution in [0.4, 0.5) is 11.4 Å². The maximum atomic E-state index is 12.1. The minimum atomic E-state index is -0.707. The number of benzene rings is 2. The molecule has 0 aromatic heterocycles. The number of nitrogens with zero attached hydrogens (tertiary/aromatic N) is 1. The summed E-state index contributed by atoms with van der Waals surface area (Å²) >= 11 is 0. The van der Waals surface area contributed by atoms with Crippen molar-refractivity contribution >= 4 is 17.3 Å². The molecule has 0 spiro atoms. The molecule has 0 saturated heterocycles. The number of rotatable bonds is 3. The largest absolute Gasteiger partial charge is 0.502 e. The van der Waals surface area contributed by atoms with Crippen molar-refractivity contribution in [1.29, 1.82) is 0 Å². The number of carbonyl (C=O) groups excluding carboxylic acids is 1. The molecule has 0 unspecified atom stereocenters. The molecular weight excluding hydrogens is 272 g/mol. The SMILES string of the molecule is Cc1cc(C)cc(NC(=O)c2ccc([N+](=O)[O-])c(O)c2)c1. The van der Waals surface area contributed by atoms with Crippen molar-refractivity contribution in [3.05, 3.63) is 63.2 Å². The second-order valence-electron chi connectivity index (χ2n) is 4.79. The van der Waals surface area contributed by atoms with Crippen LogP contribution in [0.15, 0.2) is 36.4 Å². The van der Waals surface area contributed by atoms with Gasteiger partial charge in [0.15, 0.2) is 5.75 Å². The highest BCUT2D eigenvalue weighted by atomic mass is 16.6. The Kier molecular flexibility index (Phi) is 3.89. The average molecular weight is 286 g/mol. The van der Waals surface area contributed by atoms with Gasteiger partial charge < -0.3 is 10.4 Å². The van der Waals surface area contributed by atoms with E-state index in [1.165, 1.54) is 6.07 Å². The molecule has 0 radical (unpaired) electrons. The maximum Gasteiger partial charge on any atom is 0.310 e. The third-order valence-electron chi connectivity index (χ3n) is 2.91. The van der Waals surface area contributed by atoms with Gasteiger partial charge in [0.1, 0.15) is 0 Å². The van der Waals surface area contributed by atoms with Crippen LogP contribution < -0.4 is 5.32 Å². The second kappa shape index (κ2) is 5.62. The van der Waals surface area contributed by atoms with E-state index in [0.717, 1.165) is 23.3 Å². The molecule has 2 aromatic rings. The molecule has 0 atom stereocenters. The van der Waals surface area contributed by atoms with Crippen LogP contribution in [-0.2, 0) is 0 Å². The van der Waals surface area contributed by atoms with Gasteiger partial charge in [0.05, 0.1) is 4.92 Å². The van der Waals surface area contributed by atoms with Gasteiger partial charge in [-0.05, 0) is 49.2 Å². The maximum absolute atomic E-state index is 12.1. The number of carbonyl (C=O) groups is 1. The summed E-state index contributed by atoms with van der Waals surface area (Å²) in [5.41, 5.74) is 2.37. The van der Waals surface area contributed by atoms with Crippen LogP contribution in [0.2, 0.25) is 0 Å². The quantitative estimate of drug-likeness (QED) is 0.669. The zero-order chi connectivity index (χ0) is 15.6. The van der Waals surface area contributed by atoms with Gasteiger partial charge in [-0.3, -0.25) is 14.9 Å². The Hall–Kier alpha value is -2.89. The van der Waals surface area contributed by atoms with Crippen molar-refractivity contribution in [3.63, 3.8) is 0 Å². The van der Waals surface area contributed by atoms with Crippen LogP contribution in [0.3, 0.4) is 0 Å². The van der Waals surface area contributed by atoms with E-state index in [9.17, 15) is 20.0 Å². The minimum Gasteiger partial charge on any atom is -0.502 e. The van der Waals surface area contributed by atoms with Crippen LogP contribution >= 0.6 is 0 Å². The highest BCUT2D eigenvalue weighted by Gasteiger charge is 2.16. The first-order valence-electron chi connectivity index (χ1n) is 6.24. The predicted octanol–water partition coefficient (Wildman–Crippen LogP) is 3.17. The second-order valence-corrected chi connectivity index (χ2v) is 4.79. The van der Waals surface area contributed by atoms with Gasteiger partial charge in [-0.25, -0.2) is 0 Å². The average Bonchev–Trinajstić information content (AvgIpc) is 2.36. The van der Waals surface area contributed by atoms with Gasteiger partial charge in [-0.2, -0.15) is 0 Å². The van der Waals surface area contributed by atoms with Gasteiger partial charge in [0.25, 0.3) is 5.91 Å². The number of hydrogen-bond donors (Lipinski definition) is 2. The van der Waals surface area contributed by atoms with Crippen molar-refractivity contribution < 1.29 is 14.8 Å². The van der Waals surface area contributed by atoms with E-state index in [-0.39, 0.29) is 5.56 Å². The Morgan fingerprint density at radius 3 is 2.29 bits per heavy atom. The topological polar surface area (TPSA) is 92.5 Å². The fraction of sp³-hybridized carbons (Fsp3) is 0.133. The molecule has 1 amide bonds. The first-order chi connectivity index (χ1) is 9.86. The Labute approximate surface area is 121 Å². The molecule has 0 saturated carbocycles. The Morgan fingerprint density at radius 2 is 1.76 bits per heavy atom. The number of anilines is 1. The van der Waals surface area contributed by atoms with Crippen molar-refractivity contribution in [2.45, 2.75) is 13.8 Å². The molecular formula is C15H14N2O4. The lowest BCUT2D eigenvalue weighted by atomic mass is 10.1. The summed E-state index contributed by atoms with van der Waals surface area (Å²) in [4.78, 5) is 22.0. The Morgan fingerprint density at radius 1 is 1.14 bits per heavy atom. The van der Waals surface area contributed by atoms with Gasteiger partial charge in [0, 0.05) is 17.3 Å². The minimum absolute atomic E-state index is 0.150. The molecule has 0 fully saturated rings. The zero-order valence-corrected chi connectivity index (χ0v) is 11.6. The van der Waals surface area contributed by atoms with Gasteiger partial charge in [0.2, 0.25) is 0 Å². The summed E-state index contributed by atoms with van der Waals surface area (Å²) in [6.07, 6.45) is 0. The zero-order valence-electron chi connectivity index (χ0n) is 11.6. The number of nitro groups is 1. The van der Waals surface area contributed by atoms with Crippen molar-refractivity contribution in [3.8, 4) is 5.75 Å². The van der Waals surface area contributed by atoms with Crippen molar-refractivity contribution in [2.75, 3.05) is 5.32 Å². The lowest BCUT2D eigenvalue weighted by Crippen LogP contribution is -2.12. The van der Waals surface area contributed by atoms with Crippen LogP contribution in [0, 0.1) is 24.0 Å². The van der Waals surface area contributed by atoms with Crippen LogP contribution in [-0.4, -0.2) is 15.9 Å². The third-order valence-corrected chi connectivity index (χ3v) is 2.91. The number of aryl methyl sites for hydroxylation is 2. The molecule has 2 N–H and O–H groups in total. The fourth-order valence-corrected chi connectivity index (χ4v) is 2.07. The summed E-state index contributed by atoms with van der Waals surface area (Å²) in [5, 5.41) is 22.9. The molecule has 2 aromatic carbocycles. The number of phenolic OH excluding ortho intramolecular Hbond substituents is 1. The fourth-order valence-electron chi connectivity index (χ4n) is 2.07. The molecule has 2 rings (SSSR count). The van der Waals surface area contributed by atoms with E-state index < -0.39 is 22.3 Å². The smallest absolute Gasteiger partial charge is 0.310 e. The standard InChI is InChI=1S/C15H14N2O4/c1-9-5-10(2)7-12(6-9)16-15(19)11-3-4-13(17(20)21)14(18)8-11/h3-8,18H,1-2H3,(H,16,19). The Balaban J connectivity index is 2.24. The molecule has 0 heterocycles. The Bertz CT molecular complexity index is 705. The van der Waals surface area contributed by atoms with E-state index in [1.807, 2.05) is 32.0 Å². The number of amides is 1. The molecule has 6 nitrogen and oxygen atoms in total. The highest BCUT2D eigenvalue weighted by molar-refractivity contribution is 6.04. The van der Waals surface area contributed by atoms with Crippen molar-refractivity contribution in [1.82, 2.24) is 0 Å². The number of nitro benzene ring substituents is 1. The number of nitrogens with one attached hydrogen (secondary N) is 1. The first-order valence-corrected chi connectivity index (χ1v) is 6.24. The summed E-state index contributed by atoms with van der Waals surface area (Å²) in [7, 11) is 0. The van der Waals surface area contributed by atoms with Crippen molar-refractivity contribution in [2.24, 2.45) is 0 Å².